The first-order chi connectivity index (χ1) is 11.3. The van der Waals surface area contributed by atoms with Crippen molar-refractivity contribution < 1.29 is 22.7 Å². The van der Waals surface area contributed by atoms with Gasteiger partial charge in [0, 0.05) is 37.7 Å². The van der Waals surface area contributed by atoms with Crippen LogP contribution in [0.5, 0.6) is 5.75 Å². The number of benzene rings is 1. The number of hydrogen-bond acceptors (Lipinski definition) is 5. The molecule has 2 amide bonds. The molecule has 2 rings (SSSR count). The summed E-state index contributed by atoms with van der Waals surface area (Å²) < 4.78 is 28.2. The third-order valence-corrected chi connectivity index (χ3v) is 5.74. The van der Waals surface area contributed by atoms with E-state index in [0.29, 0.717) is 17.9 Å². The van der Waals surface area contributed by atoms with Crippen LogP contribution < -0.4 is 10.1 Å². The van der Waals surface area contributed by atoms with Crippen molar-refractivity contribution in [1.29, 1.82) is 0 Å². The molecule has 24 heavy (non-hydrogen) atoms. The van der Waals surface area contributed by atoms with E-state index in [1.54, 1.807) is 31.4 Å². The molecule has 0 radical (unpaired) electrons. The average molecular weight is 354 g/mol. The number of rotatable bonds is 6. The van der Waals surface area contributed by atoms with Crippen LogP contribution in [-0.2, 0) is 19.4 Å². The van der Waals surface area contributed by atoms with Gasteiger partial charge in [0.05, 0.1) is 18.6 Å². The minimum absolute atomic E-state index is 0.0237. The van der Waals surface area contributed by atoms with E-state index in [4.69, 9.17) is 4.74 Å². The van der Waals surface area contributed by atoms with Gasteiger partial charge in [-0.25, -0.2) is 8.42 Å². The summed E-state index contributed by atoms with van der Waals surface area (Å²) in [7, 11) is -1.53. The zero-order valence-electron chi connectivity index (χ0n) is 13.8. The Morgan fingerprint density at radius 3 is 2.71 bits per heavy atom. The van der Waals surface area contributed by atoms with Gasteiger partial charge in [-0.1, -0.05) is 6.07 Å². The topological polar surface area (TPSA) is 92.8 Å². The van der Waals surface area contributed by atoms with E-state index in [9.17, 15) is 18.0 Å². The van der Waals surface area contributed by atoms with Crippen LogP contribution in [-0.4, -0.2) is 56.3 Å². The van der Waals surface area contributed by atoms with E-state index in [1.165, 1.54) is 11.8 Å². The lowest BCUT2D eigenvalue weighted by atomic mass is 10.2. The number of nitrogens with one attached hydrogen (secondary N) is 1. The van der Waals surface area contributed by atoms with Crippen LogP contribution in [0, 0.1) is 0 Å². The normalized spacial score (nSPS) is 18.8. The van der Waals surface area contributed by atoms with Crippen molar-refractivity contribution in [1.82, 2.24) is 4.90 Å². The molecule has 0 aliphatic carbocycles. The molecule has 8 heteroatoms. The highest BCUT2D eigenvalue weighted by Gasteiger charge is 2.33. The number of carbonyl (C=O) groups is 2. The fourth-order valence-electron chi connectivity index (χ4n) is 2.76. The van der Waals surface area contributed by atoms with Crippen LogP contribution in [0.4, 0.5) is 5.69 Å². The van der Waals surface area contributed by atoms with Gasteiger partial charge in [-0.2, -0.15) is 0 Å². The molecule has 1 aromatic rings. The Labute approximate surface area is 141 Å². The van der Waals surface area contributed by atoms with E-state index >= 15 is 0 Å². The molecule has 132 valence electrons. The highest BCUT2D eigenvalue weighted by atomic mass is 32.2. The van der Waals surface area contributed by atoms with Crippen LogP contribution in [0.3, 0.4) is 0 Å². The molecule has 7 nitrogen and oxygen atoms in total. The molecule has 1 heterocycles. The van der Waals surface area contributed by atoms with Crippen molar-refractivity contribution >= 4 is 27.3 Å². The summed E-state index contributed by atoms with van der Waals surface area (Å²) >= 11 is 0. The van der Waals surface area contributed by atoms with Gasteiger partial charge in [0.25, 0.3) is 0 Å². The van der Waals surface area contributed by atoms with Crippen molar-refractivity contribution in [3.8, 4) is 5.75 Å². The Bertz CT molecular complexity index is 717. The second-order valence-corrected chi connectivity index (χ2v) is 8.03. The number of sulfone groups is 1. The van der Waals surface area contributed by atoms with Gasteiger partial charge in [-0.05, 0) is 18.6 Å². The maximum Gasteiger partial charge on any atom is 0.226 e. The van der Waals surface area contributed by atoms with Crippen LogP contribution >= 0.6 is 0 Å². The van der Waals surface area contributed by atoms with E-state index in [2.05, 4.69) is 5.32 Å². The molecule has 0 bridgehead atoms. The van der Waals surface area contributed by atoms with Gasteiger partial charge < -0.3 is 15.0 Å². The minimum Gasteiger partial charge on any atom is -0.497 e. The minimum atomic E-state index is -3.08. The third-order valence-electron chi connectivity index (χ3n) is 3.99. The standard InChI is InChI=1S/C16H22N2O5S/c1-12(19)18(14-7-9-24(21,22)11-14)8-6-16(20)17-13-4-3-5-15(10-13)23-2/h3-5,10,14H,6-9,11H2,1-2H3,(H,17,20). The smallest absolute Gasteiger partial charge is 0.226 e. The van der Waals surface area contributed by atoms with Crippen molar-refractivity contribution in [3.63, 3.8) is 0 Å². The molecule has 1 aromatic carbocycles. The first-order valence-electron chi connectivity index (χ1n) is 7.72. The lowest BCUT2D eigenvalue weighted by Crippen LogP contribution is -2.41. The fourth-order valence-corrected chi connectivity index (χ4v) is 4.50. The maximum atomic E-state index is 12.1. The first-order valence-corrected chi connectivity index (χ1v) is 9.54. The van der Waals surface area contributed by atoms with Crippen LogP contribution in [0.2, 0.25) is 0 Å². The number of nitrogens with zero attached hydrogens (tertiary/aromatic N) is 1. The van der Waals surface area contributed by atoms with Crippen molar-refractivity contribution in [3.05, 3.63) is 24.3 Å². The Morgan fingerprint density at radius 2 is 2.12 bits per heavy atom. The number of ether oxygens (including phenoxy) is 1. The van der Waals surface area contributed by atoms with Gasteiger partial charge >= 0.3 is 0 Å². The second kappa shape index (κ2) is 7.65. The summed E-state index contributed by atoms with van der Waals surface area (Å²) in [4.78, 5) is 25.3. The molecule has 1 N–H and O–H groups in total. The molecule has 1 unspecified atom stereocenters. The summed E-state index contributed by atoms with van der Waals surface area (Å²) in [6.45, 7) is 1.59. The third kappa shape index (κ3) is 4.95. The summed E-state index contributed by atoms with van der Waals surface area (Å²) in [5.74, 6) is 0.248. The zero-order chi connectivity index (χ0) is 17.7. The summed E-state index contributed by atoms with van der Waals surface area (Å²) in [6, 6.07) is 6.64. The van der Waals surface area contributed by atoms with E-state index in [0.717, 1.165) is 0 Å². The van der Waals surface area contributed by atoms with Gasteiger partial charge in [0.15, 0.2) is 9.84 Å². The predicted molar refractivity (Wildman–Crippen MR) is 90.7 cm³/mol. The lowest BCUT2D eigenvalue weighted by molar-refractivity contribution is -0.131. The molecule has 0 aromatic heterocycles. The zero-order valence-corrected chi connectivity index (χ0v) is 14.6. The summed E-state index contributed by atoms with van der Waals surface area (Å²) in [6.07, 6.45) is 0.534. The number of carbonyl (C=O) groups excluding carboxylic acids is 2. The lowest BCUT2D eigenvalue weighted by Gasteiger charge is -2.26. The molecule has 1 atom stereocenters. The maximum absolute atomic E-state index is 12.1. The van der Waals surface area contributed by atoms with Crippen LogP contribution in [0.1, 0.15) is 19.8 Å². The number of amides is 2. The number of anilines is 1. The van der Waals surface area contributed by atoms with Crippen molar-refractivity contribution in [2.75, 3.05) is 30.5 Å². The Balaban J connectivity index is 1.92. The predicted octanol–water partition coefficient (Wildman–Crippen LogP) is 1.06. The first kappa shape index (κ1) is 18.3. The van der Waals surface area contributed by atoms with Gasteiger partial charge in [0.2, 0.25) is 11.8 Å². The molecule has 1 saturated heterocycles. The molecule has 0 saturated carbocycles. The highest BCUT2D eigenvalue weighted by molar-refractivity contribution is 7.91. The van der Waals surface area contributed by atoms with E-state index in [1.807, 2.05) is 0 Å². The average Bonchev–Trinajstić information content (AvgIpc) is 2.87. The Morgan fingerprint density at radius 1 is 1.38 bits per heavy atom. The van der Waals surface area contributed by atoms with Crippen LogP contribution in [0.25, 0.3) is 0 Å². The van der Waals surface area contributed by atoms with Crippen LogP contribution in [0.15, 0.2) is 24.3 Å². The molecule has 1 aliphatic heterocycles. The fraction of sp³-hybridized carbons (Fsp3) is 0.500. The molecule has 0 spiro atoms. The van der Waals surface area contributed by atoms with Crippen molar-refractivity contribution in [2.24, 2.45) is 0 Å². The number of hydrogen-bond donors (Lipinski definition) is 1. The largest absolute Gasteiger partial charge is 0.497 e. The van der Waals surface area contributed by atoms with Gasteiger partial charge in [-0.15, -0.1) is 0 Å². The molecule has 1 aliphatic rings. The van der Waals surface area contributed by atoms with Gasteiger partial charge in [-0.3, -0.25) is 9.59 Å². The molecular formula is C16H22N2O5S. The quantitative estimate of drug-likeness (QED) is 0.824. The Hall–Kier alpha value is -2.09. The second-order valence-electron chi connectivity index (χ2n) is 5.80. The van der Waals surface area contributed by atoms with Gasteiger partial charge in [0.1, 0.15) is 5.75 Å². The molecule has 1 fully saturated rings. The summed E-state index contributed by atoms with van der Waals surface area (Å²) in [5.41, 5.74) is 0.608. The molecular weight excluding hydrogens is 332 g/mol. The van der Waals surface area contributed by atoms with E-state index in [-0.39, 0.29) is 42.3 Å². The van der Waals surface area contributed by atoms with E-state index < -0.39 is 9.84 Å². The SMILES string of the molecule is COc1cccc(NC(=O)CCN(C(C)=O)C2CCS(=O)(=O)C2)c1. The van der Waals surface area contributed by atoms with Crippen molar-refractivity contribution in [2.45, 2.75) is 25.8 Å². The summed E-state index contributed by atoms with van der Waals surface area (Å²) in [5, 5.41) is 2.74. The monoisotopic (exact) mass is 354 g/mol. The highest BCUT2D eigenvalue weighted by Crippen LogP contribution is 2.19. The number of methoxy groups -OCH3 is 1. The Kier molecular flexibility index (Phi) is 5.82.